The summed E-state index contributed by atoms with van der Waals surface area (Å²) in [6.45, 7) is 3.64. The molecule has 1 saturated heterocycles. The van der Waals surface area contributed by atoms with Crippen molar-refractivity contribution in [1.29, 1.82) is 0 Å². The molecule has 11 nitrogen and oxygen atoms in total. The number of hydrogen-bond donors (Lipinski definition) is 5. The van der Waals surface area contributed by atoms with Gasteiger partial charge in [-0.25, -0.2) is 8.42 Å². The molecule has 0 unspecified atom stereocenters. The number of aromatic amines is 2. The maximum absolute atomic E-state index is 13.6. The fourth-order valence-corrected chi connectivity index (χ4v) is 8.36. The second-order valence-electron chi connectivity index (χ2n) is 12.8. The first-order chi connectivity index (χ1) is 22.6. The number of aromatic nitrogens is 2. The normalized spacial score (nSPS) is 19.0. The Kier molecular flexibility index (Phi) is 11.1. The van der Waals surface area contributed by atoms with Crippen molar-refractivity contribution in [1.82, 2.24) is 19.8 Å². The monoisotopic (exact) mass is 694 g/mol. The molecule has 4 aromatic rings. The summed E-state index contributed by atoms with van der Waals surface area (Å²) >= 11 is 0. The molecule has 0 radical (unpaired) electrons. The van der Waals surface area contributed by atoms with E-state index in [1.165, 1.54) is 0 Å². The Labute approximate surface area is 286 Å². The van der Waals surface area contributed by atoms with Gasteiger partial charge >= 0.3 is 0 Å². The van der Waals surface area contributed by atoms with Gasteiger partial charge in [0, 0.05) is 31.1 Å². The Balaban J connectivity index is 0.00000451. The number of nitrogens with zero attached hydrogens (tertiary/aromatic N) is 1. The fourth-order valence-electron chi connectivity index (χ4n) is 6.76. The van der Waals surface area contributed by atoms with Gasteiger partial charge in [-0.2, -0.15) is 4.31 Å². The molecule has 0 spiro atoms. The fraction of sp³-hybridized carbons (Fsp3) is 0.400. The highest BCUT2D eigenvalue weighted by atomic mass is 35.5. The van der Waals surface area contributed by atoms with E-state index in [9.17, 15) is 22.8 Å². The van der Waals surface area contributed by atoms with Crippen LogP contribution in [0, 0.1) is 18.8 Å². The zero-order valence-corrected chi connectivity index (χ0v) is 28.6. The van der Waals surface area contributed by atoms with Crippen LogP contribution in [0.2, 0.25) is 0 Å². The zero-order chi connectivity index (χ0) is 33.1. The summed E-state index contributed by atoms with van der Waals surface area (Å²) in [5.41, 5.74) is 10.2. The van der Waals surface area contributed by atoms with Crippen LogP contribution in [0.1, 0.15) is 49.7 Å². The van der Waals surface area contributed by atoms with Crippen LogP contribution in [-0.2, 0) is 26.0 Å². The van der Waals surface area contributed by atoms with Crippen LogP contribution >= 0.6 is 12.4 Å². The third-order valence-corrected chi connectivity index (χ3v) is 11.5. The van der Waals surface area contributed by atoms with Crippen LogP contribution in [0.3, 0.4) is 0 Å². The average molecular weight is 695 g/mol. The molecule has 0 bridgehead atoms. The van der Waals surface area contributed by atoms with E-state index < -0.39 is 16.1 Å². The van der Waals surface area contributed by atoms with Crippen molar-refractivity contribution in [2.45, 2.75) is 62.8 Å². The summed E-state index contributed by atoms with van der Waals surface area (Å²) in [4.78, 5) is 39.2. The number of H-pyrrole nitrogens is 2. The molecule has 2 fully saturated rings. The molecule has 3 aromatic carbocycles. The summed E-state index contributed by atoms with van der Waals surface area (Å²) < 4.78 is 27.7. The van der Waals surface area contributed by atoms with Crippen LogP contribution in [0.25, 0.3) is 22.0 Å². The lowest BCUT2D eigenvalue weighted by Crippen LogP contribution is -2.48. The largest absolute Gasteiger partial charge is 0.344 e. The van der Waals surface area contributed by atoms with E-state index in [-0.39, 0.29) is 42.1 Å². The number of hydrogen-bond acceptors (Lipinski definition) is 6. The van der Waals surface area contributed by atoms with Gasteiger partial charge in [-0.3, -0.25) is 24.6 Å². The second kappa shape index (κ2) is 15.1. The number of fused-ring (bicyclic) bond motifs is 1. The molecule has 2 aliphatic rings. The second-order valence-corrected chi connectivity index (χ2v) is 14.8. The number of carbonyl (C=O) groups is 2. The predicted octanol–water partition coefficient (Wildman–Crippen LogP) is 4.47. The van der Waals surface area contributed by atoms with Gasteiger partial charge in [0.15, 0.2) is 0 Å². The minimum Gasteiger partial charge on any atom is -0.344 e. The third-order valence-electron chi connectivity index (χ3n) is 9.63. The van der Waals surface area contributed by atoms with Crippen LogP contribution in [0.4, 0.5) is 5.69 Å². The lowest BCUT2D eigenvalue weighted by molar-refractivity contribution is -0.130. The van der Waals surface area contributed by atoms with Crippen molar-refractivity contribution in [2.75, 3.05) is 25.0 Å². The highest BCUT2D eigenvalue weighted by Crippen LogP contribution is 2.30. The van der Waals surface area contributed by atoms with Crippen molar-refractivity contribution in [3.8, 4) is 11.1 Å². The lowest BCUT2D eigenvalue weighted by Gasteiger charge is -2.28. The van der Waals surface area contributed by atoms with E-state index in [2.05, 4.69) is 20.8 Å². The van der Waals surface area contributed by atoms with Crippen LogP contribution in [0.5, 0.6) is 0 Å². The summed E-state index contributed by atoms with van der Waals surface area (Å²) in [5.74, 6) is -0.235. The Bertz CT molecular complexity index is 1930. The van der Waals surface area contributed by atoms with Crippen LogP contribution in [-0.4, -0.2) is 60.4 Å². The molecule has 1 aliphatic heterocycles. The van der Waals surface area contributed by atoms with E-state index in [0.717, 1.165) is 60.8 Å². The molecule has 1 saturated carbocycles. The Morgan fingerprint density at radius 2 is 1.67 bits per heavy atom. The number of rotatable bonds is 10. The van der Waals surface area contributed by atoms with Crippen molar-refractivity contribution < 1.29 is 18.0 Å². The lowest BCUT2D eigenvalue weighted by atomic mass is 9.81. The minimum absolute atomic E-state index is 0. The molecule has 48 heavy (non-hydrogen) atoms. The predicted molar refractivity (Wildman–Crippen MR) is 190 cm³/mol. The van der Waals surface area contributed by atoms with Crippen LogP contribution < -0.4 is 21.9 Å². The smallest absolute Gasteiger partial charge is 0.271 e. The first-order valence-electron chi connectivity index (χ1n) is 16.3. The van der Waals surface area contributed by atoms with Crippen molar-refractivity contribution in [2.24, 2.45) is 17.6 Å². The molecule has 13 heteroatoms. The van der Waals surface area contributed by atoms with Gasteiger partial charge in [0.05, 0.1) is 15.8 Å². The first kappa shape index (κ1) is 35.3. The molecule has 2 amide bonds. The topological polar surface area (TPSA) is 170 Å². The van der Waals surface area contributed by atoms with E-state index in [0.29, 0.717) is 47.0 Å². The summed E-state index contributed by atoms with van der Waals surface area (Å²) in [6.07, 6.45) is 5.31. The van der Waals surface area contributed by atoms with Crippen molar-refractivity contribution >= 4 is 50.8 Å². The highest BCUT2D eigenvalue weighted by Gasteiger charge is 2.30. The summed E-state index contributed by atoms with van der Waals surface area (Å²) in [6, 6.07) is 17.1. The number of anilines is 1. The molecule has 1 atom stereocenters. The molecule has 6 rings (SSSR count). The molecular weight excluding hydrogens is 652 g/mol. The number of amides is 2. The standard InChI is InChI=1S/C35H42N6O5S.ClH/c1-22-18-28(47(45,46)41-16-2-3-17-41)13-15-29(22)25-8-4-23(5-9-25)19-32(38-33(42)26-10-6-24(21-36)7-11-26)35(44)37-27-12-14-30-31(20-27)39-40-34(30)43;/h4-5,8-9,12-15,18,20,24,26,32H,2-3,6-7,10-11,16-17,19,21,36H2,1H3,(H,37,44)(H,38,42)(H2,39,40,43);1H/t24?,26?,32-;/m0./s1. The van der Waals surface area contributed by atoms with Gasteiger partial charge in [-0.15, -0.1) is 12.4 Å². The molecular formula is C35H43ClN6O5S. The van der Waals surface area contributed by atoms with Gasteiger partial charge in [0.2, 0.25) is 21.8 Å². The van der Waals surface area contributed by atoms with E-state index in [1.807, 2.05) is 37.3 Å². The number of carbonyl (C=O) groups excluding carboxylic acids is 2. The van der Waals surface area contributed by atoms with Crippen LogP contribution in [0.15, 0.2) is 70.4 Å². The number of nitrogens with two attached hydrogens (primary N) is 1. The SMILES string of the molecule is Cc1cc(S(=O)(=O)N2CCCC2)ccc1-c1ccc(C[C@H](NC(=O)C2CCC(CN)CC2)C(=O)Nc2ccc3c(=O)[nH][nH]c3c2)cc1.Cl. The highest BCUT2D eigenvalue weighted by molar-refractivity contribution is 7.89. The van der Waals surface area contributed by atoms with Gasteiger partial charge in [0.1, 0.15) is 6.04 Å². The van der Waals surface area contributed by atoms with Gasteiger partial charge in [-0.05, 0) is 110 Å². The maximum Gasteiger partial charge on any atom is 0.271 e. The molecule has 1 aliphatic carbocycles. The maximum atomic E-state index is 13.6. The third kappa shape index (κ3) is 7.67. The molecule has 256 valence electrons. The van der Waals surface area contributed by atoms with Gasteiger partial charge in [-0.1, -0.05) is 30.3 Å². The van der Waals surface area contributed by atoms with Gasteiger partial charge in [0.25, 0.3) is 5.56 Å². The van der Waals surface area contributed by atoms with Crippen molar-refractivity contribution in [3.63, 3.8) is 0 Å². The molecule has 6 N–H and O–H groups in total. The number of nitrogens with one attached hydrogen (secondary N) is 4. The Hall–Kier alpha value is -3.97. The summed E-state index contributed by atoms with van der Waals surface area (Å²) in [5, 5.41) is 11.8. The first-order valence-corrected chi connectivity index (χ1v) is 17.8. The van der Waals surface area contributed by atoms with E-state index in [1.54, 1.807) is 34.6 Å². The quantitative estimate of drug-likeness (QED) is 0.164. The number of benzene rings is 3. The molecule has 2 heterocycles. The zero-order valence-electron chi connectivity index (χ0n) is 27.0. The summed E-state index contributed by atoms with van der Waals surface area (Å²) in [7, 11) is -3.51. The Morgan fingerprint density at radius 1 is 0.958 bits per heavy atom. The number of halogens is 1. The minimum atomic E-state index is -3.51. The number of sulfonamides is 1. The van der Waals surface area contributed by atoms with E-state index >= 15 is 0 Å². The Morgan fingerprint density at radius 3 is 2.33 bits per heavy atom. The average Bonchev–Trinajstić information content (AvgIpc) is 3.76. The van der Waals surface area contributed by atoms with E-state index in [4.69, 9.17) is 5.73 Å². The van der Waals surface area contributed by atoms with Gasteiger partial charge < -0.3 is 16.4 Å². The molecule has 1 aromatic heterocycles. The van der Waals surface area contributed by atoms with Crippen molar-refractivity contribution in [3.05, 3.63) is 82.1 Å². The number of aryl methyl sites for hydroxylation is 1.